The fourth-order valence-electron chi connectivity index (χ4n) is 7.80. The number of aliphatic hydroxyl groups excluding tert-OH is 1. The number of aryl methyl sites for hydroxylation is 1. The quantitative estimate of drug-likeness (QED) is 0.0576. The van der Waals surface area contributed by atoms with Crippen molar-refractivity contribution < 1.29 is 43.1 Å². The number of aromatic nitrogens is 1. The van der Waals surface area contributed by atoms with Gasteiger partial charge in [0.05, 0.1) is 17.3 Å². The highest BCUT2D eigenvalue weighted by atomic mass is 19.0. The van der Waals surface area contributed by atoms with Crippen LogP contribution in [0.25, 0.3) is 11.1 Å². The number of phenolic OH excluding ortho intramolecular Hbond substituents is 1. The van der Waals surface area contributed by atoms with Gasteiger partial charge in [-0.15, -0.1) is 0 Å². The van der Waals surface area contributed by atoms with Gasteiger partial charge in [0.2, 0.25) is 6.41 Å². The van der Waals surface area contributed by atoms with Crippen LogP contribution in [-0.4, -0.2) is 64.3 Å². The molecule has 14 heteroatoms. The molecule has 2 heterocycles. The normalized spacial score (nSPS) is 17.4. The summed E-state index contributed by atoms with van der Waals surface area (Å²) >= 11 is 0. The molecule has 1 aliphatic heterocycles. The molecule has 1 aromatic heterocycles. The van der Waals surface area contributed by atoms with Crippen molar-refractivity contribution in [3.05, 3.63) is 118 Å². The zero-order valence-electron chi connectivity index (χ0n) is 31.3. The van der Waals surface area contributed by atoms with E-state index in [0.29, 0.717) is 48.2 Å². The first-order valence-corrected chi connectivity index (χ1v) is 18.5. The fraction of sp³-hybridized carbons (Fsp3) is 0.357. The molecule has 0 bridgehead atoms. The van der Waals surface area contributed by atoms with Gasteiger partial charge in [0.1, 0.15) is 28.8 Å². The van der Waals surface area contributed by atoms with Crippen LogP contribution in [0, 0.1) is 0 Å². The Morgan fingerprint density at radius 3 is 2.36 bits per heavy atom. The Kier molecular flexibility index (Phi) is 13.3. The number of rotatable bonds is 14. The van der Waals surface area contributed by atoms with Gasteiger partial charge in [0.15, 0.2) is 5.58 Å². The lowest BCUT2D eigenvalue weighted by Crippen LogP contribution is -2.42. The summed E-state index contributed by atoms with van der Waals surface area (Å²) in [6, 6.07) is 25.9. The third kappa shape index (κ3) is 8.47. The number of carbonyl (C=O) groups excluding carboxylic acids is 2. The second-order valence-electron chi connectivity index (χ2n) is 14.4. The molecule has 5 aromatic rings. The topological polar surface area (TPSA) is 155 Å². The predicted octanol–water partition coefficient (Wildman–Crippen LogP) is 6.28. The molecule has 0 saturated heterocycles. The molecule has 4 aromatic carbocycles. The van der Waals surface area contributed by atoms with E-state index in [1.165, 1.54) is 12.1 Å². The second kappa shape index (κ2) is 17.9. The number of aromatic hydroxyl groups is 1. The fourth-order valence-corrected chi connectivity index (χ4v) is 7.80. The third-order valence-corrected chi connectivity index (χ3v) is 10.9. The lowest BCUT2D eigenvalue weighted by Gasteiger charge is -2.38. The van der Waals surface area contributed by atoms with Gasteiger partial charge in [-0.2, -0.15) is 0 Å². The standard InChI is InChI=1S/C42H46N4O8.2FH/c1-42(31-8-3-5-10-37(31)53-38-11-6-4-9-32(38)42)40(50)52-30-16-14-29(15-17-30)45(2)20-7-21-46-34-18-12-27(22-39(34)54-41(46)51)24-43-25-36(49)28-13-19-35(48)33(23-28)44-26-47;;/h3-6,8-13,18-19,22-23,26,29-30,36,43,48-49H,7,14-17,20-21,24-25H2,1-2H3,(H,44,47);2*1H/t29-,30-,36-;;/m0../s1. The predicted molar refractivity (Wildman–Crippen MR) is 209 cm³/mol. The zero-order chi connectivity index (χ0) is 37.8. The van der Waals surface area contributed by atoms with E-state index in [2.05, 4.69) is 22.6 Å². The highest BCUT2D eigenvalue weighted by Crippen LogP contribution is 2.49. The van der Waals surface area contributed by atoms with Crippen molar-refractivity contribution in [2.75, 3.05) is 25.5 Å². The van der Waals surface area contributed by atoms with Gasteiger partial charge < -0.3 is 39.6 Å². The first kappa shape index (κ1) is 41.6. The minimum absolute atomic E-state index is 0. The number of anilines is 1. The van der Waals surface area contributed by atoms with E-state index < -0.39 is 17.3 Å². The van der Waals surface area contributed by atoms with Gasteiger partial charge in [-0.05, 0) is 100 Å². The Morgan fingerprint density at radius 1 is 1.00 bits per heavy atom. The Hall–Kier alpha value is -5.57. The molecule has 1 atom stereocenters. The Labute approximate surface area is 322 Å². The Balaban J connectivity index is 0.00000300. The number of hydrogen-bond acceptors (Lipinski definition) is 10. The van der Waals surface area contributed by atoms with E-state index >= 15 is 0 Å². The van der Waals surface area contributed by atoms with E-state index in [0.717, 1.165) is 60.9 Å². The van der Waals surface area contributed by atoms with Crippen molar-refractivity contribution in [1.29, 1.82) is 0 Å². The first-order valence-electron chi connectivity index (χ1n) is 18.5. The smallest absolute Gasteiger partial charge is 0.419 e. The van der Waals surface area contributed by atoms with Crippen molar-refractivity contribution in [2.24, 2.45) is 0 Å². The molecule has 56 heavy (non-hydrogen) atoms. The highest BCUT2D eigenvalue weighted by Gasteiger charge is 2.46. The maximum atomic E-state index is 13.9. The summed E-state index contributed by atoms with van der Waals surface area (Å²) in [5, 5.41) is 26.1. The molecule has 1 aliphatic carbocycles. The average molecular weight is 775 g/mol. The second-order valence-corrected chi connectivity index (χ2v) is 14.4. The molecule has 2 aliphatic rings. The van der Waals surface area contributed by atoms with Crippen LogP contribution in [0.2, 0.25) is 0 Å². The van der Waals surface area contributed by atoms with Crippen LogP contribution in [-0.2, 0) is 32.8 Å². The molecular formula is C42H48F2N4O8. The SMILES string of the molecule is CN(CCCn1c(=O)oc2cc(CNC[C@H](O)c3ccc(O)c(NC=O)c3)ccc21)[C@H]1CC[C@H](OC(=O)C2(C)c3ccccc3Oc3ccccc32)CC1.F.F. The summed E-state index contributed by atoms with van der Waals surface area (Å²) in [7, 11) is 2.11. The van der Waals surface area contributed by atoms with Crippen LogP contribution in [0.4, 0.5) is 15.1 Å². The number of ether oxygens (including phenoxy) is 2. The monoisotopic (exact) mass is 774 g/mol. The number of aliphatic hydroxyl groups is 1. The number of halogens is 2. The van der Waals surface area contributed by atoms with Crippen LogP contribution in [0.15, 0.2) is 94.1 Å². The number of nitrogens with one attached hydrogen (secondary N) is 2. The Bertz CT molecular complexity index is 2150. The van der Waals surface area contributed by atoms with Crippen LogP contribution < -0.4 is 21.1 Å². The number of esters is 1. The zero-order valence-corrected chi connectivity index (χ0v) is 31.3. The van der Waals surface area contributed by atoms with E-state index in [1.54, 1.807) is 10.6 Å². The van der Waals surface area contributed by atoms with Crippen LogP contribution in [0.1, 0.15) is 67.4 Å². The van der Waals surface area contributed by atoms with Gasteiger partial charge in [-0.3, -0.25) is 23.6 Å². The van der Waals surface area contributed by atoms with Crippen LogP contribution in [0.5, 0.6) is 17.2 Å². The summed E-state index contributed by atoms with van der Waals surface area (Å²) in [4.78, 5) is 39.9. The average Bonchev–Trinajstić information content (AvgIpc) is 3.49. The largest absolute Gasteiger partial charge is 0.506 e. The third-order valence-electron chi connectivity index (χ3n) is 10.9. The number of fused-ring (bicyclic) bond motifs is 3. The number of para-hydroxylation sites is 2. The van der Waals surface area contributed by atoms with Gasteiger partial charge in [0.25, 0.3) is 0 Å². The summed E-state index contributed by atoms with van der Waals surface area (Å²) in [5.74, 6) is 0.619. The summed E-state index contributed by atoms with van der Waals surface area (Å²) < 4.78 is 19.6. The molecule has 12 nitrogen and oxygen atoms in total. The molecule has 1 fully saturated rings. The molecule has 0 unspecified atom stereocenters. The lowest BCUT2D eigenvalue weighted by atomic mass is 9.74. The minimum Gasteiger partial charge on any atom is -0.506 e. The molecule has 0 spiro atoms. The van der Waals surface area contributed by atoms with Crippen molar-refractivity contribution in [2.45, 2.75) is 75.8 Å². The molecule has 4 N–H and O–H groups in total. The minimum atomic E-state index is -0.964. The molecule has 1 saturated carbocycles. The number of nitrogens with zero attached hydrogens (tertiary/aromatic N) is 2. The molecule has 298 valence electrons. The molecular weight excluding hydrogens is 726 g/mol. The number of carbonyl (C=O) groups is 2. The summed E-state index contributed by atoms with van der Waals surface area (Å²) in [5.41, 5.74) is 3.56. The number of amides is 1. The first-order chi connectivity index (χ1) is 26.1. The Morgan fingerprint density at radius 2 is 1.68 bits per heavy atom. The molecule has 7 rings (SSSR count). The molecule has 1 amide bonds. The van der Waals surface area contributed by atoms with Gasteiger partial charge in [0, 0.05) is 36.8 Å². The van der Waals surface area contributed by atoms with Gasteiger partial charge in [-0.25, -0.2) is 4.79 Å². The molecule has 0 radical (unpaired) electrons. The summed E-state index contributed by atoms with van der Waals surface area (Å²) in [6.07, 6.45) is 3.61. The van der Waals surface area contributed by atoms with Crippen LogP contribution >= 0.6 is 0 Å². The van der Waals surface area contributed by atoms with Crippen LogP contribution in [0.3, 0.4) is 0 Å². The maximum Gasteiger partial charge on any atom is 0.419 e. The number of benzene rings is 4. The van der Waals surface area contributed by atoms with E-state index in [9.17, 15) is 24.6 Å². The maximum absolute atomic E-state index is 13.9. The van der Waals surface area contributed by atoms with E-state index in [1.807, 2.05) is 73.7 Å². The summed E-state index contributed by atoms with van der Waals surface area (Å²) in [6.45, 7) is 3.92. The van der Waals surface area contributed by atoms with Gasteiger partial charge in [-0.1, -0.05) is 48.5 Å². The van der Waals surface area contributed by atoms with E-state index in [4.69, 9.17) is 13.9 Å². The van der Waals surface area contributed by atoms with Crippen molar-refractivity contribution in [3.8, 4) is 17.2 Å². The van der Waals surface area contributed by atoms with Gasteiger partial charge >= 0.3 is 11.7 Å². The van der Waals surface area contributed by atoms with Crippen molar-refractivity contribution in [1.82, 2.24) is 14.8 Å². The number of oxazole rings is 1. The number of phenols is 1. The number of hydrogen-bond donors (Lipinski definition) is 4. The highest BCUT2D eigenvalue weighted by molar-refractivity contribution is 5.90. The van der Waals surface area contributed by atoms with E-state index in [-0.39, 0.29) is 39.5 Å². The van der Waals surface area contributed by atoms with Crippen molar-refractivity contribution >= 4 is 29.2 Å². The van der Waals surface area contributed by atoms with Crippen molar-refractivity contribution in [3.63, 3.8) is 0 Å². The lowest BCUT2D eigenvalue weighted by molar-refractivity contribution is -0.156.